The maximum Gasteiger partial charge on any atom is 0.337 e. The summed E-state index contributed by atoms with van der Waals surface area (Å²) in [5, 5.41) is 20.7. The summed E-state index contributed by atoms with van der Waals surface area (Å²) >= 11 is 0. The molecule has 1 aromatic rings. The highest BCUT2D eigenvalue weighted by Gasteiger charge is 2.34. The Morgan fingerprint density at radius 2 is 2.08 bits per heavy atom. The van der Waals surface area contributed by atoms with Gasteiger partial charge in [0.25, 0.3) is 5.91 Å². The Morgan fingerprint density at radius 1 is 1.36 bits per heavy atom. The van der Waals surface area contributed by atoms with Crippen molar-refractivity contribution in [3.8, 4) is 6.07 Å². The van der Waals surface area contributed by atoms with Gasteiger partial charge in [-0.25, -0.2) is 4.79 Å². The first-order valence-corrected chi connectivity index (χ1v) is 7.42. The predicted octanol–water partition coefficient (Wildman–Crippen LogP) is 2.11. The van der Waals surface area contributed by atoms with Crippen LogP contribution in [0.3, 0.4) is 0 Å². The van der Waals surface area contributed by atoms with Crippen molar-refractivity contribution in [2.45, 2.75) is 18.6 Å². The van der Waals surface area contributed by atoms with Crippen LogP contribution in [0.1, 0.15) is 22.8 Å². The molecule has 1 aliphatic rings. The molecule has 0 aromatic heterocycles. The van der Waals surface area contributed by atoms with Crippen LogP contribution in [0.4, 0.5) is 5.69 Å². The molecule has 0 bridgehead atoms. The number of methoxy groups -OCH3 is 2. The van der Waals surface area contributed by atoms with Crippen molar-refractivity contribution in [3.05, 3.63) is 53.1 Å². The number of carbonyl (C=O) groups excluding carboxylic acids is 1. The van der Waals surface area contributed by atoms with Gasteiger partial charge in [-0.05, 0) is 37.3 Å². The van der Waals surface area contributed by atoms with Gasteiger partial charge < -0.3 is 19.9 Å². The van der Waals surface area contributed by atoms with Crippen LogP contribution in [0.25, 0.3) is 0 Å². The fraction of sp³-hybridized carbons (Fsp3) is 0.278. The predicted molar refractivity (Wildman–Crippen MR) is 90.2 cm³/mol. The minimum Gasteiger partial charge on any atom is -0.478 e. The van der Waals surface area contributed by atoms with E-state index in [4.69, 9.17) is 14.7 Å². The summed E-state index contributed by atoms with van der Waals surface area (Å²) in [5.74, 6) is -1.72. The zero-order chi connectivity index (χ0) is 18.6. The average Bonchev–Trinajstić information content (AvgIpc) is 2.62. The molecule has 2 unspecified atom stereocenters. The number of carboxylic acid groups (broad SMARTS) is 1. The van der Waals surface area contributed by atoms with Gasteiger partial charge in [0.05, 0.1) is 22.9 Å². The van der Waals surface area contributed by atoms with E-state index in [0.717, 1.165) is 0 Å². The van der Waals surface area contributed by atoms with Crippen molar-refractivity contribution in [2.24, 2.45) is 0 Å². The highest BCUT2D eigenvalue weighted by molar-refractivity contribution is 6.09. The number of carbonyl (C=O) groups is 2. The van der Waals surface area contributed by atoms with Gasteiger partial charge in [0.1, 0.15) is 11.7 Å². The van der Waals surface area contributed by atoms with Crippen LogP contribution in [0, 0.1) is 11.3 Å². The lowest BCUT2D eigenvalue weighted by atomic mass is 9.90. The quantitative estimate of drug-likeness (QED) is 0.848. The van der Waals surface area contributed by atoms with E-state index in [1.165, 1.54) is 25.3 Å². The van der Waals surface area contributed by atoms with E-state index in [-0.39, 0.29) is 16.8 Å². The Bertz CT molecular complexity index is 806. The number of nitriles is 1. The second-order valence-corrected chi connectivity index (χ2v) is 5.63. The van der Waals surface area contributed by atoms with E-state index in [2.05, 4.69) is 5.32 Å². The molecule has 2 atom stereocenters. The highest BCUT2D eigenvalue weighted by atomic mass is 16.5. The molecule has 0 fully saturated rings. The molecule has 0 heterocycles. The molecule has 25 heavy (non-hydrogen) atoms. The number of nitrogens with one attached hydrogen (secondary N) is 1. The number of hydrogen-bond donors (Lipinski definition) is 2. The molecule has 1 aromatic carbocycles. The van der Waals surface area contributed by atoms with Crippen molar-refractivity contribution in [3.63, 3.8) is 0 Å². The summed E-state index contributed by atoms with van der Waals surface area (Å²) < 4.78 is 10.8. The Morgan fingerprint density at radius 3 is 2.64 bits per heavy atom. The van der Waals surface area contributed by atoms with Crippen LogP contribution < -0.4 is 5.32 Å². The van der Waals surface area contributed by atoms with Gasteiger partial charge >= 0.3 is 5.97 Å². The summed E-state index contributed by atoms with van der Waals surface area (Å²) in [7, 11) is 3.06. The smallest absolute Gasteiger partial charge is 0.337 e. The fourth-order valence-corrected chi connectivity index (χ4v) is 2.47. The third-order valence-corrected chi connectivity index (χ3v) is 4.07. The second kappa shape index (κ2) is 7.30. The second-order valence-electron chi connectivity index (χ2n) is 5.63. The molecule has 0 aliphatic heterocycles. The molecule has 7 nitrogen and oxygen atoms in total. The van der Waals surface area contributed by atoms with E-state index in [1.54, 1.807) is 25.3 Å². The van der Waals surface area contributed by atoms with Crippen LogP contribution in [0.5, 0.6) is 0 Å². The summed E-state index contributed by atoms with van der Waals surface area (Å²) in [6.45, 7) is 1.83. The number of benzene rings is 1. The Labute approximate surface area is 145 Å². The maximum atomic E-state index is 12.5. The van der Waals surface area contributed by atoms with Crippen LogP contribution in [0.15, 0.2) is 42.0 Å². The van der Waals surface area contributed by atoms with Crippen LogP contribution in [-0.2, 0) is 14.3 Å². The zero-order valence-electron chi connectivity index (χ0n) is 14.1. The lowest BCUT2D eigenvalue weighted by molar-refractivity contribution is -0.112. The third-order valence-electron chi connectivity index (χ3n) is 4.07. The van der Waals surface area contributed by atoms with Crippen molar-refractivity contribution in [2.75, 3.05) is 19.5 Å². The van der Waals surface area contributed by atoms with Crippen molar-refractivity contribution in [1.29, 1.82) is 5.26 Å². The number of ether oxygens (including phenoxy) is 2. The molecule has 0 saturated carbocycles. The van der Waals surface area contributed by atoms with E-state index in [9.17, 15) is 14.7 Å². The number of aromatic carboxylic acids is 1. The molecule has 130 valence electrons. The Kier molecular flexibility index (Phi) is 5.37. The maximum absolute atomic E-state index is 12.5. The molecule has 2 rings (SSSR count). The zero-order valence-corrected chi connectivity index (χ0v) is 14.1. The van der Waals surface area contributed by atoms with Crippen LogP contribution >= 0.6 is 0 Å². The van der Waals surface area contributed by atoms with E-state index in [0.29, 0.717) is 5.57 Å². The minimum absolute atomic E-state index is 0.111. The van der Waals surface area contributed by atoms with Crippen molar-refractivity contribution in [1.82, 2.24) is 0 Å². The first kappa shape index (κ1) is 18.4. The van der Waals surface area contributed by atoms with E-state index < -0.39 is 23.6 Å². The molecule has 0 spiro atoms. The third kappa shape index (κ3) is 3.76. The van der Waals surface area contributed by atoms with Gasteiger partial charge in [-0.2, -0.15) is 5.26 Å². The molecular formula is C18H18N2O5. The monoisotopic (exact) mass is 342 g/mol. The number of nitrogens with zero attached hydrogens (tertiary/aromatic N) is 1. The van der Waals surface area contributed by atoms with Crippen molar-refractivity contribution < 1.29 is 24.2 Å². The largest absolute Gasteiger partial charge is 0.478 e. The topological polar surface area (TPSA) is 109 Å². The molecular weight excluding hydrogens is 324 g/mol. The molecule has 2 N–H and O–H groups in total. The summed E-state index contributed by atoms with van der Waals surface area (Å²) in [6.07, 6.45) is 4.46. The number of hydrogen-bond acceptors (Lipinski definition) is 5. The molecule has 0 saturated heterocycles. The molecule has 0 radical (unpaired) electrons. The lowest BCUT2D eigenvalue weighted by Crippen LogP contribution is -2.41. The average molecular weight is 342 g/mol. The van der Waals surface area contributed by atoms with Gasteiger partial charge in [-0.3, -0.25) is 4.79 Å². The van der Waals surface area contributed by atoms with Gasteiger partial charge in [-0.15, -0.1) is 0 Å². The number of anilines is 1. The molecule has 1 aliphatic carbocycles. The Hall–Kier alpha value is -2.95. The summed E-state index contributed by atoms with van der Waals surface area (Å²) in [6, 6.07) is 5.90. The van der Waals surface area contributed by atoms with Gasteiger partial charge in [0.2, 0.25) is 0 Å². The molecule has 7 heteroatoms. The first-order valence-electron chi connectivity index (χ1n) is 7.42. The summed E-state index contributed by atoms with van der Waals surface area (Å²) in [5.41, 5.74) is -0.221. The van der Waals surface area contributed by atoms with Crippen LogP contribution in [-0.4, -0.2) is 42.9 Å². The van der Waals surface area contributed by atoms with E-state index >= 15 is 0 Å². The van der Waals surface area contributed by atoms with Crippen molar-refractivity contribution >= 4 is 17.6 Å². The fourth-order valence-electron chi connectivity index (χ4n) is 2.47. The van der Waals surface area contributed by atoms with Gasteiger partial charge in [0.15, 0.2) is 0 Å². The normalized spacial score (nSPS) is 22.0. The van der Waals surface area contributed by atoms with Crippen LogP contribution in [0.2, 0.25) is 0 Å². The Balaban J connectivity index is 2.28. The number of amides is 1. The first-order chi connectivity index (χ1) is 11.8. The SMILES string of the molecule is COC1C=C(C(=O)Nc2ccc(C#N)cc2C(=O)O)C=CC1(C)OC. The summed E-state index contributed by atoms with van der Waals surface area (Å²) in [4.78, 5) is 23.8. The van der Waals surface area contributed by atoms with E-state index in [1.807, 2.05) is 13.0 Å². The minimum atomic E-state index is -1.23. The van der Waals surface area contributed by atoms with Gasteiger partial charge in [0, 0.05) is 19.8 Å². The molecule has 1 amide bonds. The lowest BCUT2D eigenvalue weighted by Gasteiger charge is -2.33. The standard InChI is InChI=1S/C18H18N2O5/c1-18(25-3)7-6-12(9-15(18)24-2)16(21)20-14-5-4-11(10-19)8-13(14)17(22)23/h4-9,15H,1-3H3,(H,20,21)(H,22,23). The number of rotatable bonds is 5. The highest BCUT2D eigenvalue weighted by Crippen LogP contribution is 2.27. The number of carboxylic acids is 1. The van der Waals surface area contributed by atoms with Gasteiger partial charge in [-0.1, -0.05) is 6.08 Å².